The van der Waals surface area contributed by atoms with Crippen molar-refractivity contribution in [1.82, 2.24) is 9.80 Å². The number of aliphatic hydroxyl groups is 1. The largest absolute Gasteiger partial charge is 0.483 e. The van der Waals surface area contributed by atoms with Crippen molar-refractivity contribution in [3.8, 4) is 23.3 Å². The fourth-order valence-corrected chi connectivity index (χ4v) is 9.11. The molecule has 1 spiro atoms. The van der Waals surface area contributed by atoms with Crippen molar-refractivity contribution in [2.75, 3.05) is 19.6 Å². The first-order valence-electron chi connectivity index (χ1n) is 17.4. The number of nitrogens with zero attached hydrogens (tertiary/aromatic N) is 2. The van der Waals surface area contributed by atoms with E-state index < -0.39 is 23.1 Å². The smallest absolute Gasteiger partial charge is 0.308 e. The summed E-state index contributed by atoms with van der Waals surface area (Å²) in [4.78, 5) is 30.7. The van der Waals surface area contributed by atoms with Gasteiger partial charge in [-0.15, -0.1) is 0 Å². The third kappa shape index (κ3) is 5.30. The van der Waals surface area contributed by atoms with E-state index in [4.69, 9.17) is 9.47 Å². The van der Waals surface area contributed by atoms with E-state index in [2.05, 4.69) is 61.8 Å². The van der Waals surface area contributed by atoms with Gasteiger partial charge >= 0.3 is 5.97 Å². The van der Waals surface area contributed by atoms with Gasteiger partial charge in [0.15, 0.2) is 11.5 Å². The summed E-state index contributed by atoms with van der Waals surface area (Å²) in [6.07, 6.45) is 2.88. The number of aryl methyl sites for hydroxylation is 2. The van der Waals surface area contributed by atoms with Crippen molar-refractivity contribution < 1.29 is 24.2 Å². The second-order valence-electron chi connectivity index (χ2n) is 14.7. The highest BCUT2D eigenvalue weighted by atomic mass is 16.6. The van der Waals surface area contributed by atoms with Crippen LogP contribution in [0.15, 0.2) is 60.7 Å². The minimum Gasteiger partial charge on any atom is -0.483 e. The van der Waals surface area contributed by atoms with Crippen LogP contribution in [0.5, 0.6) is 11.5 Å². The molecule has 3 aromatic rings. The van der Waals surface area contributed by atoms with E-state index >= 15 is 0 Å². The first-order chi connectivity index (χ1) is 23.0. The number of esters is 1. The summed E-state index contributed by atoms with van der Waals surface area (Å²) in [5, 5.41) is 13.1. The summed E-state index contributed by atoms with van der Waals surface area (Å²) in [6, 6.07) is 20.0. The Labute approximate surface area is 284 Å². The average Bonchev–Trinajstić information content (AvgIpc) is 3.41. The zero-order valence-electron chi connectivity index (χ0n) is 28.7. The topological polar surface area (TPSA) is 79.3 Å². The van der Waals surface area contributed by atoms with Crippen molar-refractivity contribution in [2.24, 2.45) is 5.92 Å². The third-order valence-electron chi connectivity index (χ3n) is 11.4. The Hall–Kier alpha value is -4.12. The zero-order valence-corrected chi connectivity index (χ0v) is 28.7. The molecule has 2 fully saturated rings. The summed E-state index contributed by atoms with van der Waals surface area (Å²) in [5.41, 5.74) is 4.68. The Morgan fingerprint density at radius 2 is 1.88 bits per heavy atom. The standard InChI is InChI=1S/C41H46N2O5/c1-26(2)25-43(36(45)16-13-31-12-11-27(3)28(4)23-31)33-17-19-41(46)35-24-32-14-15-34(47-29(5)44)38-37(32)40(41,39(33)48-38)20-22-42(35)21-18-30-9-7-6-8-10-30/h6-12,14-15,23,26,33,35,39,46H,17-22,24-25H2,1-5H3/t33-,35+,39-,40-,41+/m0/s1. The number of hydrogen-bond donors (Lipinski definition) is 1. The van der Waals surface area contributed by atoms with E-state index in [0.29, 0.717) is 43.7 Å². The number of carbonyl (C=O) groups is 2. The number of carbonyl (C=O) groups excluding carboxylic acids is 2. The number of piperidine rings is 1. The van der Waals surface area contributed by atoms with E-state index in [-0.39, 0.29) is 23.9 Å². The third-order valence-corrected chi connectivity index (χ3v) is 11.4. The monoisotopic (exact) mass is 646 g/mol. The first-order valence-corrected chi connectivity index (χ1v) is 17.4. The molecule has 0 radical (unpaired) electrons. The van der Waals surface area contributed by atoms with Gasteiger partial charge in [0.1, 0.15) is 6.10 Å². The van der Waals surface area contributed by atoms with E-state index in [1.165, 1.54) is 18.1 Å². The molecule has 7 rings (SSSR count). The number of amides is 1. The van der Waals surface area contributed by atoms with Crippen LogP contribution in [-0.4, -0.2) is 70.2 Å². The molecule has 5 atom stereocenters. The van der Waals surface area contributed by atoms with Crippen LogP contribution < -0.4 is 9.47 Å². The van der Waals surface area contributed by atoms with E-state index in [9.17, 15) is 14.7 Å². The molecule has 7 heteroatoms. The van der Waals surface area contributed by atoms with Gasteiger partial charge in [0.2, 0.25) is 0 Å². The molecule has 2 bridgehead atoms. The number of benzene rings is 3. The Bertz CT molecular complexity index is 1810. The molecular weight excluding hydrogens is 600 g/mol. The molecule has 0 aromatic heterocycles. The van der Waals surface area contributed by atoms with E-state index in [1.807, 2.05) is 48.2 Å². The molecule has 48 heavy (non-hydrogen) atoms. The van der Waals surface area contributed by atoms with Crippen LogP contribution in [0.2, 0.25) is 0 Å². The van der Waals surface area contributed by atoms with Crippen molar-refractivity contribution in [3.63, 3.8) is 0 Å². The van der Waals surface area contributed by atoms with Crippen LogP contribution in [0.4, 0.5) is 0 Å². The fourth-order valence-electron chi connectivity index (χ4n) is 9.11. The minimum absolute atomic E-state index is 0.0983. The van der Waals surface area contributed by atoms with Gasteiger partial charge in [-0.3, -0.25) is 14.5 Å². The number of rotatable bonds is 7. The first kappa shape index (κ1) is 32.4. The molecule has 7 nitrogen and oxygen atoms in total. The predicted octanol–water partition coefficient (Wildman–Crippen LogP) is 5.53. The normalized spacial score (nSPS) is 26.6. The summed E-state index contributed by atoms with van der Waals surface area (Å²) in [7, 11) is 0. The van der Waals surface area contributed by atoms with Gasteiger partial charge in [-0.2, -0.15) is 0 Å². The lowest BCUT2D eigenvalue weighted by Crippen LogP contribution is -2.78. The van der Waals surface area contributed by atoms with Crippen molar-refractivity contribution in [3.05, 3.63) is 94.0 Å². The molecule has 2 aliphatic heterocycles. The highest BCUT2D eigenvalue weighted by Gasteiger charge is 2.73. The maximum Gasteiger partial charge on any atom is 0.308 e. The summed E-state index contributed by atoms with van der Waals surface area (Å²) < 4.78 is 12.7. The van der Waals surface area contributed by atoms with Crippen LogP contribution in [-0.2, 0) is 27.8 Å². The summed E-state index contributed by atoms with van der Waals surface area (Å²) >= 11 is 0. The molecule has 4 aliphatic rings. The molecule has 3 aromatic carbocycles. The maximum absolute atomic E-state index is 14.1. The lowest BCUT2D eigenvalue weighted by atomic mass is 9.48. The van der Waals surface area contributed by atoms with Crippen molar-refractivity contribution >= 4 is 11.9 Å². The quantitative estimate of drug-likeness (QED) is 0.207. The Morgan fingerprint density at radius 3 is 2.60 bits per heavy atom. The molecule has 2 heterocycles. The molecule has 0 unspecified atom stereocenters. The Balaban J connectivity index is 1.28. The van der Waals surface area contributed by atoms with Crippen LogP contribution in [0.25, 0.3) is 0 Å². The molecule has 1 saturated carbocycles. The van der Waals surface area contributed by atoms with Gasteiger partial charge in [0, 0.05) is 43.1 Å². The van der Waals surface area contributed by atoms with Gasteiger partial charge in [-0.25, -0.2) is 0 Å². The second-order valence-corrected chi connectivity index (χ2v) is 14.7. The Kier molecular flexibility index (Phi) is 8.38. The van der Waals surface area contributed by atoms with Gasteiger partial charge < -0.3 is 19.5 Å². The van der Waals surface area contributed by atoms with E-state index in [1.54, 1.807) is 0 Å². The van der Waals surface area contributed by atoms with Gasteiger partial charge in [-0.05, 0) is 98.9 Å². The van der Waals surface area contributed by atoms with Crippen LogP contribution >= 0.6 is 0 Å². The number of hydrogen-bond acceptors (Lipinski definition) is 6. The SMILES string of the molecule is CC(=O)Oc1ccc2c3c1O[C@H]1[C@@H](N(CC(C)C)C(=O)C#Cc4ccc(C)c(C)c4)CC[C@@]4(O)[C@@H](C2)N(CCc2ccccc2)CC[C@]314. The lowest BCUT2D eigenvalue weighted by molar-refractivity contribution is -0.200. The predicted molar refractivity (Wildman–Crippen MR) is 185 cm³/mol. The molecule has 2 aliphatic carbocycles. The number of ether oxygens (including phenoxy) is 2. The second kappa shape index (κ2) is 12.4. The molecule has 1 amide bonds. The lowest BCUT2D eigenvalue weighted by Gasteiger charge is -2.64. The highest BCUT2D eigenvalue weighted by molar-refractivity contribution is 5.94. The van der Waals surface area contributed by atoms with Crippen LogP contribution in [0.1, 0.15) is 73.4 Å². The summed E-state index contributed by atoms with van der Waals surface area (Å²) in [6.45, 7) is 11.9. The molecule has 1 saturated heterocycles. The maximum atomic E-state index is 14.1. The molecular formula is C41H46N2O5. The molecule has 1 N–H and O–H groups in total. The fraction of sp³-hybridized carbons (Fsp3) is 0.463. The van der Waals surface area contributed by atoms with Gasteiger partial charge in [0.05, 0.1) is 17.1 Å². The van der Waals surface area contributed by atoms with Crippen molar-refractivity contribution in [2.45, 2.75) is 95.9 Å². The van der Waals surface area contributed by atoms with E-state index in [0.717, 1.165) is 41.8 Å². The minimum atomic E-state index is -1.08. The highest BCUT2D eigenvalue weighted by Crippen LogP contribution is 2.66. The zero-order chi connectivity index (χ0) is 33.8. The van der Waals surface area contributed by atoms with Gasteiger partial charge in [0.25, 0.3) is 5.91 Å². The van der Waals surface area contributed by atoms with Crippen LogP contribution in [0.3, 0.4) is 0 Å². The summed E-state index contributed by atoms with van der Waals surface area (Å²) in [5.74, 6) is 6.57. The number of likely N-dealkylation sites (tertiary alicyclic amines) is 1. The molecule has 250 valence electrons. The van der Waals surface area contributed by atoms with Crippen molar-refractivity contribution in [1.29, 1.82) is 0 Å². The van der Waals surface area contributed by atoms with Crippen LogP contribution in [0, 0.1) is 31.6 Å². The Morgan fingerprint density at radius 1 is 1.08 bits per heavy atom. The average molecular weight is 647 g/mol. The van der Waals surface area contributed by atoms with Gasteiger partial charge in [-0.1, -0.05) is 62.2 Å².